The number of rotatable bonds is 38. The van der Waals surface area contributed by atoms with Gasteiger partial charge >= 0.3 is 6.09 Å². The summed E-state index contributed by atoms with van der Waals surface area (Å²) >= 11 is 0. The SMILES string of the molecule is CCCCCCCCCN(CCCCCCCCC)C(=O)OCCN(C)CCN(C)C.CCCCCCCCCNCCCCCCCCC. The second-order valence-corrected chi connectivity index (χ2v) is 15.4. The Morgan fingerprint density at radius 3 is 1.12 bits per heavy atom. The van der Waals surface area contributed by atoms with Gasteiger partial charge in [-0.15, -0.1) is 0 Å². The highest BCUT2D eigenvalue weighted by atomic mass is 16.6. The number of hydrogen-bond donors (Lipinski definition) is 1. The Labute approximate surface area is 316 Å². The van der Waals surface area contributed by atoms with E-state index in [1.165, 1.54) is 180 Å². The van der Waals surface area contributed by atoms with Crippen LogP contribution in [0.1, 0.15) is 207 Å². The van der Waals surface area contributed by atoms with E-state index in [0.29, 0.717) is 6.61 Å². The molecule has 0 atom stereocenters. The van der Waals surface area contributed by atoms with Crippen molar-refractivity contribution >= 4 is 6.09 Å². The number of nitrogens with zero attached hydrogens (tertiary/aromatic N) is 3. The molecule has 0 unspecified atom stereocenters. The molecule has 0 spiro atoms. The molecule has 6 heteroatoms. The van der Waals surface area contributed by atoms with E-state index in [9.17, 15) is 4.79 Å². The van der Waals surface area contributed by atoms with Gasteiger partial charge in [-0.1, -0.05) is 182 Å². The minimum absolute atomic E-state index is 0.113. The maximum atomic E-state index is 12.7. The molecule has 1 amide bonds. The van der Waals surface area contributed by atoms with Gasteiger partial charge in [-0.25, -0.2) is 4.79 Å². The van der Waals surface area contributed by atoms with Gasteiger partial charge < -0.3 is 24.8 Å². The molecule has 0 heterocycles. The van der Waals surface area contributed by atoms with Crippen molar-refractivity contribution < 1.29 is 9.53 Å². The van der Waals surface area contributed by atoms with Crippen LogP contribution in [0.15, 0.2) is 0 Å². The zero-order valence-corrected chi connectivity index (χ0v) is 35.6. The minimum Gasteiger partial charge on any atom is -0.448 e. The van der Waals surface area contributed by atoms with Crippen LogP contribution in [0.5, 0.6) is 0 Å². The van der Waals surface area contributed by atoms with Gasteiger partial charge in [0.25, 0.3) is 0 Å². The molecule has 0 aromatic heterocycles. The van der Waals surface area contributed by atoms with Crippen molar-refractivity contribution in [2.45, 2.75) is 207 Å². The summed E-state index contributed by atoms with van der Waals surface area (Å²) in [4.78, 5) is 19.0. The molecule has 0 aliphatic carbocycles. The molecule has 0 saturated heterocycles. The lowest BCUT2D eigenvalue weighted by atomic mass is 10.1. The van der Waals surface area contributed by atoms with E-state index in [1.54, 1.807) is 0 Å². The Morgan fingerprint density at radius 1 is 0.420 bits per heavy atom. The first-order valence-corrected chi connectivity index (χ1v) is 22.4. The smallest absolute Gasteiger partial charge is 0.409 e. The Bertz CT molecular complexity index is 599. The third kappa shape index (κ3) is 43.3. The number of ether oxygens (including phenoxy) is 1. The summed E-state index contributed by atoms with van der Waals surface area (Å²) in [7, 11) is 6.25. The topological polar surface area (TPSA) is 48.1 Å². The highest BCUT2D eigenvalue weighted by molar-refractivity contribution is 5.67. The van der Waals surface area contributed by atoms with Gasteiger partial charge in [-0.05, 0) is 59.9 Å². The molecule has 302 valence electrons. The zero-order chi connectivity index (χ0) is 37.2. The van der Waals surface area contributed by atoms with Crippen LogP contribution in [0.3, 0.4) is 0 Å². The highest BCUT2D eigenvalue weighted by Gasteiger charge is 2.14. The summed E-state index contributed by atoms with van der Waals surface area (Å²) in [6.45, 7) is 16.5. The lowest BCUT2D eigenvalue weighted by Gasteiger charge is -2.24. The Hall–Kier alpha value is -0.850. The molecule has 0 rings (SSSR count). The van der Waals surface area contributed by atoms with Crippen LogP contribution < -0.4 is 5.32 Å². The number of likely N-dealkylation sites (N-methyl/N-ethyl adjacent to an activating group) is 2. The summed E-state index contributed by atoms with van der Waals surface area (Å²) < 4.78 is 5.63. The van der Waals surface area contributed by atoms with Crippen LogP contribution in [-0.4, -0.2) is 94.4 Å². The second kappa shape index (κ2) is 44.3. The van der Waals surface area contributed by atoms with E-state index in [-0.39, 0.29) is 6.09 Å². The number of unbranched alkanes of at least 4 members (excludes halogenated alkanes) is 24. The van der Waals surface area contributed by atoms with Crippen molar-refractivity contribution in [3.05, 3.63) is 0 Å². The number of carbonyl (C=O) groups is 1. The lowest BCUT2D eigenvalue weighted by molar-refractivity contribution is 0.0914. The van der Waals surface area contributed by atoms with Gasteiger partial charge in [0, 0.05) is 32.7 Å². The van der Waals surface area contributed by atoms with Crippen LogP contribution in [0.25, 0.3) is 0 Å². The van der Waals surface area contributed by atoms with Crippen molar-refractivity contribution in [2.75, 3.05) is 73.6 Å². The molecule has 1 N–H and O–H groups in total. The predicted octanol–water partition coefficient (Wildman–Crippen LogP) is 12.5. The fourth-order valence-corrected chi connectivity index (χ4v) is 6.22. The summed E-state index contributed by atoms with van der Waals surface area (Å²) in [6, 6.07) is 0. The molecule has 0 fully saturated rings. The average molecular weight is 711 g/mol. The molecule has 0 saturated carbocycles. The molecular weight excluding hydrogens is 617 g/mol. The van der Waals surface area contributed by atoms with E-state index < -0.39 is 0 Å². The third-order valence-corrected chi connectivity index (χ3v) is 9.86. The van der Waals surface area contributed by atoms with Gasteiger partial charge in [0.05, 0.1) is 0 Å². The maximum absolute atomic E-state index is 12.7. The Kier molecular flexibility index (Phi) is 45.4. The van der Waals surface area contributed by atoms with Gasteiger partial charge in [0.15, 0.2) is 0 Å². The average Bonchev–Trinajstić information content (AvgIpc) is 3.11. The molecule has 50 heavy (non-hydrogen) atoms. The quantitative estimate of drug-likeness (QED) is 0.0646. The molecule has 0 aromatic rings. The molecule has 0 radical (unpaired) electrons. The molecule has 6 nitrogen and oxygen atoms in total. The summed E-state index contributed by atoms with van der Waals surface area (Å²) in [6.07, 6.45) is 37.6. The fraction of sp³-hybridized carbons (Fsp3) is 0.977. The van der Waals surface area contributed by atoms with Crippen LogP contribution in [0.4, 0.5) is 4.79 Å². The first-order valence-electron chi connectivity index (χ1n) is 22.4. The highest BCUT2D eigenvalue weighted by Crippen LogP contribution is 2.12. The van der Waals surface area contributed by atoms with E-state index in [2.05, 4.69) is 64.0 Å². The standard InChI is InChI=1S/C26H55N3O2.C18H39N/c1-6-8-10-12-14-16-18-20-29(21-19-17-15-13-11-9-7-2)26(30)31-25-24-28(5)23-22-27(3)4;1-3-5-7-9-11-13-15-17-19-18-16-14-12-10-8-6-4-2/h6-25H2,1-5H3;19H,3-18H2,1-2H3. The Balaban J connectivity index is 0. The summed E-state index contributed by atoms with van der Waals surface area (Å²) in [5, 5.41) is 3.59. The lowest BCUT2D eigenvalue weighted by Crippen LogP contribution is -2.36. The number of hydrogen-bond acceptors (Lipinski definition) is 5. The van der Waals surface area contributed by atoms with E-state index in [4.69, 9.17) is 4.74 Å². The molecule has 0 aliphatic heterocycles. The Morgan fingerprint density at radius 2 is 0.760 bits per heavy atom. The normalized spacial score (nSPS) is 11.3. The van der Waals surface area contributed by atoms with E-state index >= 15 is 0 Å². The van der Waals surface area contributed by atoms with Crippen LogP contribution >= 0.6 is 0 Å². The first kappa shape index (κ1) is 51.3. The third-order valence-electron chi connectivity index (χ3n) is 9.86. The van der Waals surface area contributed by atoms with Crippen molar-refractivity contribution in [1.29, 1.82) is 0 Å². The van der Waals surface area contributed by atoms with Gasteiger partial charge in [0.2, 0.25) is 0 Å². The second-order valence-electron chi connectivity index (χ2n) is 15.4. The van der Waals surface area contributed by atoms with Gasteiger partial charge in [-0.3, -0.25) is 0 Å². The molecule has 0 bridgehead atoms. The van der Waals surface area contributed by atoms with Crippen molar-refractivity contribution in [3.63, 3.8) is 0 Å². The number of nitrogens with one attached hydrogen (secondary N) is 1. The van der Waals surface area contributed by atoms with Crippen LogP contribution in [0, 0.1) is 0 Å². The summed E-state index contributed by atoms with van der Waals surface area (Å²) in [5.74, 6) is 0. The molecule has 0 aromatic carbocycles. The van der Waals surface area contributed by atoms with Crippen molar-refractivity contribution in [1.82, 2.24) is 20.0 Å². The number of carbonyl (C=O) groups excluding carboxylic acids is 1. The monoisotopic (exact) mass is 711 g/mol. The van der Waals surface area contributed by atoms with Crippen LogP contribution in [-0.2, 0) is 4.74 Å². The maximum Gasteiger partial charge on any atom is 0.409 e. The van der Waals surface area contributed by atoms with Gasteiger partial charge in [-0.2, -0.15) is 0 Å². The molecular formula is C44H94N4O2. The van der Waals surface area contributed by atoms with Gasteiger partial charge in [0.1, 0.15) is 6.61 Å². The van der Waals surface area contributed by atoms with Crippen molar-refractivity contribution in [2.24, 2.45) is 0 Å². The van der Waals surface area contributed by atoms with Crippen LogP contribution in [0.2, 0.25) is 0 Å². The molecule has 0 aliphatic rings. The fourth-order valence-electron chi connectivity index (χ4n) is 6.22. The number of amides is 1. The van der Waals surface area contributed by atoms with E-state index in [1.807, 2.05) is 4.90 Å². The zero-order valence-electron chi connectivity index (χ0n) is 35.6. The predicted molar refractivity (Wildman–Crippen MR) is 224 cm³/mol. The van der Waals surface area contributed by atoms with E-state index in [0.717, 1.165) is 45.6 Å². The largest absolute Gasteiger partial charge is 0.448 e. The minimum atomic E-state index is -0.113. The summed E-state index contributed by atoms with van der Waals surface area (Å²) in [5.41, 5.74) is 0. The van der Waals surface area contributed by atoms with Crippen molar-refractivity contribution in [3.8, 4) is 0 Å². The first-order chi connectivity index (χ1) is 24.4.